The van der Waals surface area contributed by atoms with Gasteiger partial charge in [0.05, 0.1) is 0 Å². The Morgan fingerprint density at radius 3 is 2.00 bits per heavy atom. The van der Waals surface area contributed by atoms with E-state index in [1.165, 1.54) is 0 Å². The summed E-state index contributed by atoms with van der Waals surface area (Å²) in [5.41, 5.74) is 2.03. The van der Waals surface area contributed by atoms with Crippen LogP contribution >= 0.6 is 7.14 Å². The van der Waals surface area contributed by atoms with Crippen molar-refractivity contribution in [3.05, 3.63) is 72.3 Å². The Hall–Kier alpha value is -1.48. The van der Waals surface area contributed by atoms with Crippen LogP contribution in [0.2, 0.25) is 18.1 Å². The summed E-state index contributed by atoms with van der Waals surface area (Å²) in [5.74, 6) is 0.262. The third-order valence-electron chi connectivity index (χ3n) is 7.17. The van der Waals surface area contributed by atoms with Gasteiger partial charge in [-0.2, -0.15) is 0 Å². The van der Waals surface area contributed by atoms with E-state index in [1.807, 2.05) is 60.7 Å². The SMILES string of the molecule is [B]=C1/C(=C\CP(=O)(c2ccccc2)c2ccccc2)CC(O[Si](C)(C)C(C)(C)C)C[C@@H]1C. The van der Waals surface area contributed by atoms with Crippen LogP contribution in [0.5, 0.6) is 0 Å². The van der Waals surface area contributed by atoms with Crippen molar-refractivity contribution in [2.75, 3.05) is 6.16 Å². The number of hydrogen-bond donors (Lipinski definition) is 0. The normalized spacial score (nSPS) is 21.7. The molecule has 5 heteroatoms. The van der Waals surface area contributed by atoms with Crippen molar-refractivity contribution in [3.8, 4) is 0 Å². The second-order valence-corrected chi connectivity index (χ2v) is 18.3. The zero-order chi connectivity index (χ0) is 23.6. The van der Waals surface area contributed by atoms with Gasteiger partial charge in [0.15, 0.2) is 0 Å². The van der Waals surface area contributed by atoms with Gasteiger partial charge in [0.2, 0.25) is 0 Å². The van der Waals surface area contributed by atoms with Crippen LogP contribution in [0.1, 0.15) is 40.5 Å². The van der Waals surface area contributed by atoms with Gasteiger partial charge >= 0.3 is 197 Å². The second kappa shape index (κ2) is 9.79. The summed E-state index contributed by atoms with van der Waals surface area (Å²) in [6, 6.07) is 19.7. The Bertz CT molecular complexity index is 965. The van der Waals surface area contributed by atoms with Crippen LogP contribution in [0.15, 0.2) is 72.3 Å². The molecule has 1 fully saturated rings. The number of allylic oxidation sites excluding steroid dienone is 1. The molecule has 2 nitrogen and oxygen atoms in total. The molecule has 1 aliphatic carbocycles. The summed E-state index contributed by atoms with van der Waals surface area (Å²) in [7, 11) is 1.88. The Morgan fingerprint density at radius 2 is 1.53 bits per heavy atom. The van der Waals surface area contributed by atoms with Crippen LogP contribution in [0.4, 0.5) is 0 Å². The summed E-state index contributed by atoms with van der Waals surface area (Å²) >= 11 is 0. The molecule has 1 radical (unpaired) electrons. The minimum absolute atomic E-state index is 0.164. The van der Waals surface area contributed by atoms with Gasteiger partial charge in [-0.25, -0.2) is 0 Å². The summed E-state index contributed by atoms with van der Waals surface area (Å²) in [6.07, 6.45) is 4.51. The van der Waals surface area contributed by atoms with Gasteiger partial charge in [0, 0.05) is 0 Å². The topological polar surface area (TPSA) is 26.3 Å². The van der Waals surface area contributed by atoms with Crippen molar-refractivity contribution in [2.45, 2.75) is 64.8 Å². The molecule has 0 bridgehead atoms. The third-order valence-corrected chi connectivity index (χ3v) is 14.7. The fraction of sp³-hybridized carbons (Fsp3) is 0.444. The van der Waals surface area contributed by atoms with E-state index in [4.69, 9.17) is 11.9 Å². The first-order valence-electron chi connectivity index (χ1n) is 11.6. The van der Waals surface area contributed by atoms with Crippen molar-refractivity contribution >= 4 is 39.0 Å². The van der Waals surface area contributed by atoms with Crippen LogP contribution in [0.3, 0.4) is 0 Å². The van der Waals surface area contributed by atoms with E-state index in [9.17, 15) is 4.57 Å². The quantitative estimate of drug-likeness (QED) is 0.383. The second-order valence-electron chi connectivity index (χ2n) is 10.6. The molecule has 0 amide bonds. The van der Waals surface area contributed by atoms with Gasteiger partial charge in [0.1, 0.15) is 0 Å². The summed E-state index contributed by atoms with van der Waals surface area (Å²) in [5, 5.41) is 1.95. The maximum absolute atomic E-state index is 14.4. The van der Waals surface area contributed by atoms with Crippen LogP contribution in [0, 0.1) is 5.92 Å². The fourth-order valence-electron chi connectivity index (χ4n) is 4.10. The average Bonchev–Trinajstić information content (AvgIpc) is 2.75. The number of hydrogen-bond acceptors (Lipinski definition) is 2. The standard InChI is InChI=1S/C27H37BO2PSi/c1-21-19-23(30-32(5,6)27(2,3)4)20-22(26(21)28)17-18-31(29,24-13-9-7-10-14-24)25-15-11-8-12-16-25/h7-17,21,23H,18-20H2,1-6H3/b22-17-/t21-,23?/m0/s1. The minimum atomic E-state index is -2.80. The Kier molecular flexibility index (Phi) is 7.70. The van der Waals surface area contributed by atoms with E-state index >= 15 is 0 Å². The predicted molar refractivity (Wildman–Crippen MR) is 144 cm³/mol. The molecule has 1 aliphatic rings. The van der Waals surface area contributed by atoms with Crippen molar-refractivity contribution in [2.24, 2.45) is 5.92 Å². The van der Waals surface area contributed by atoms with Crippen molar-refractivity contribution in [3.63, 3.8) is 0 Å². The third kappa shape index (κ3) is 5.53. The molecular formula is C27H37BO2PSi. The van der Waals surface area contributed by atoms with Crippen molar-refractivity contribution in [1.29, 1.82) is 0 Å². The summed E-state index contributed by atoms with van der Waals surface area (Å²) in [6.45, 7) is 13.6. The van der Waals surface area contributed by atoms with Gasteiger partial charge in [-0.05, 0) is 0 Å². The first-order valence-corrected chi connectivity index (χ1v) is 16.4. The molecule has 0 N–H and O–H groups in total. The van der Waals surface area contributed by atoms with Crippen LogP contribution < -0.4 is 10.6 Å². The zero-order valence-electron chi connectivity index (χ0n) is 20.5. The molecule has 0 heterocycles. The van der Waals surface area contributed by atoms with E-state index in [-0.39, 0.29) is 17.1 Å². The molecule has 2 aromatic carbocycles. The number of benzene rings is 2. The Morgan fingerprint density at radius 1 is 1.03 bits per heavy atom. The van der Waals surface area contributed by atoms with Crippen molar-refractivity contribution < 1.29 is 8.99 Å². The molecule has 32 heavy (non-hydrogen) atoms. The maximum atomic E-state index is 14.4. The molecule has 0 aliphatic heterocycles. The fourth-order valence-corrected chi connectivity index (χ4v) is 7.98. The Balaban J connectivity index is 1.90. The molecule has 1 saturated carbocycles. The molecule has 2 atom stereocenters. The van der Waals surface area contributed by atoms with Crippen molar-refractivity contribution in [1.82, 2.24) is 0 Å². The molecule has 169 valence electrons. The van der Waals surface area contributed by atoms with Crippen LogP contribution in [-0.2, 0) is 8.99 Å². The summed E-state index contributed by atoms with van der Waals surface area (Å²) < 4.78 is 21.1. The molecule has 0 saturated heterocycles. The molecule has 0 spiro atoms. The van der Waals surface area contributed by atoms with Crippen LogP contribution in [-0.4, -0.2) is 33.5 Å². The van der Waals surface area contributed by atoms with E-state index in [2.05, 4.69) is 46.9 Å². The molecule has 0 aromatic heterocycles. The molecule has 3 rings (SSSR count). The van der Waals surface area contributed by atoms with Gasteiger partial charge in [-0.3, -0.25) is 0 Å². The monoisotopic (exact) mass is 463 g/mol. The molecule has 1 unspecified atom stereocenters. The van der Waals surface area contributed by atoms with Gasteiger partial charge in [-0.15, -0.1) is 0 Å². The molecular weight excluding hydrogens is 426 g/mol. The van der Waals surface area contributed by atoms with Gasteiger partial charge < -0.3 is 0 Å². The molecule has 2 aromatic rings. The zero-order valence-corrected chi connectivity index (χ0v) is 22.4. The van der Waals surface area contributed by atoms with E-state index in [1.54, 1.807) is 0 Å². The van der Waals surface area contributed by atoms with Gasteiger partial charge in [0.25, 0.3) is 0 Å². The predicted octanol–water partition coefficient (Wildman–Crippen LogP) is 6.09. The first-order chi connectivity index (χ1) is 14.9. The first kappa shape index (κ1) is 25.2. The Labute approximate surface area is 197 Å². The number of rotatable bonds is 6. The average molecular weight is 463 g/mol. The summed E-state index contributed by atoms with van der Waals surface area (Å²) in [4.78, 5) is 0. The van der Waals surface area contributed by atoms with Crippen LogP contribution in [0.25, 0.3) is 0 Å². The van der Waals surface area contributed by atoms with Gasteiger partial charge in [-0.1, -0.05) is 0 Å². The van der Waals surface area contributed by atoms with E-state index in [0.717, 1.165) is 34.5 Å². The van der Waals surface area contributed by atoms with E-state index < -0.39 is 15.5 Å². The van der Waals surface area contributed by atoms with E-state index in [0.29, 0.717) is 6.16 Å².